The number of carboxylic acids is 1. The molecule has 0 aliphatic carbocycles. The summed E-state index contributed by atoms with van der Waals surface area (Å²) in [7, 11) is 0. The largest absolute Gasteiger partial charge is 0.477 e. The van der Waals surface area contributed by atoms with Crippen molar-refractivity contribution in [1.29, 1.82) is 0 Å². The molecule has 1 aromatic rings. The first-order valence-electron chi connectivity index (χ1n) is 4.00. The van der Waals surface area contributed by atoms with Crippen LogP contribution in [0, 0.1) is 6.92 Å². The minimum Gasteiger partial charge on any atom is -0.477 e. The van der Waals surface area contributed by atoms with E-state index in [4.69, 9.17) is 5.11 Å². The third-order valence-electron chi connectivity index (χ3n) is 1.87. The van der Waals surface area contributed by atoms with Crippen molar-refractivity contribution in [2.75, 3.05) is 6.67 Å². The summed E-state index contributed by atoms with van der Waals surface area (Å²) in [5, 5.41) is 14.9. The molecule has 0 unspecified atom stereocenters. The van der Waals surface area contributed by atoms with Crippen LogP contribution < -0.4 is 0 Å². The van der Waals surface area contributed by atoms with Gasteiger partial charge in [-0.3, -0.25) is 9.49 Å². The molecule has 4 nitrogen and oxygen atoms in total. The normalized spacial score (nSPS) is 10.3. The average molecular weight is 186 g/mol. The summed E-state index contributed by atoms with van der Waals surface area (Å²) in [6, 6.07) is 0. The second-order valence-corrected chi connectivity index (χ2v) is 2.77. The van der Waals surface area contributed by atoms with E-state index in [0.29, 0.717) is 24.1 Å². The topological polar surface area (TPSA) is 66.0 Å². The first-order valence-corrected chi connectivity index (χ1v) is 4.00. The quantitative estimate of drug-likeness (QED) is 0.745. The van der Waals surface area contributed by atoms with Gasteiger partial charge in [0.15, 0.2) is 0 Å². The zero-order chi connectivity index (χ0) is 9.84. The number of aromatic amines is 1. The highest BCUT2D eigenvalue weighted by atomic mass is 19.1. The zero-order valence-electron chi connectivity index (χ0n) is 7.30. The molecular formula is C8H11FN2O2. The molecule has 1 rings (SSSR count). The molecule has 0 spiro atoms. The Labute approximate surface area is 74.8 Å². The minimum absolute atomic E-state index is 0.0915. The molecule has 2 N–H and O–H groups in total. The van der Waals surface area contributed by atoms with Crippen LogP contribution in [-0.2, 0) is 6.42 Å². The molecule has 0 saturated carbocycles. The summed E-state index contributed by atoms with van der Waals surface area (Å²) >= 11 is 0. The number of H-pyrrole nitrogens is 1. The number of hydrogen-bond donors (Lipinski definition) is 2. The molecule has 5 heteroatoms. The summed E-state index contributed by atoms with van der Waals surface area (Å²) < 4.78 is 11.8. The Bertz CT molecular complexity index is 309. The number of hydrogen-bond acceptors (Lipinski definition) is 2. The van der Waals surface area contributed by atoms with Gasteiger partial charge in [-0.15, -0.1) is 0 Å². The minimum atomic E-state index is -1.03. The Kier molecular flexibility index (Phi) is 3.00. The Morgan fingerprint density at radius 2 is 2.38 bits per heavy atom. The van der Waals surface area contributed by atoms with Crippen LogP contribution in [0.1, 0.15) is 28.2 Å². The SMILES string of the molecule is Cc1c(CCCF)n[nH]c1C(=O)O. The van der Waals surface area contributed by atoms with Crippen molar-refractivity contribution in [2.45, 2.75) is 19.8 Å². The van der Waals surface area contributed by atoms with Crippen molar-refractivity contribution in [2.24, 2.45) is 0 Å². The highest BCUT2D eigenvalue weighted by Gasteiger charge is 2.13. The van der Waals surface area contributed by atoms with Crippen molar-refractivity contribution in [3.63, 3.8) is 0 Å². The third-order valence-corrected chi connectivity index (χ3v) is 1.87. The van der Waals surface area contributed by atoms with Crippen LogP contribution >= 0.6 is 0 Å². The average Bonchev–Trinajstić information content (AvgIpc) is 2.43. The van der Waals surface area contributed by atoms with E-state index >= 15 is 0 Å². The van der Waals surface area contributed by atoms with Gasteiger partial charge in [0.1, 0.15) is 5.69 Å². The Morgan fingerprint density at radius 1 is 1.69 bits per heavy atom. The number of nitrogens with zero attached hydrogens (tertiary/aromatic N) is 1. The predicted molar refractivity (Wildman–Crippen MR) is 44.6 cm³/mol. The lowest BCUT2D eigenvalue weighted by molar-refractivity contribution is 0.0689. The van der Waals surface area contributed by atoms with Crippen LogP contribution in [0.2, 0.25) is 0 Å². The highest BCUT2D eigenvalue weighted by Crippen LogP contribution is 2.11. The van der Waals surface area contributed by atoms with Crippen molar-refractivity contribution in [3.8, 4) is 0 Å². The van der Waals surface area contributed by atoms with E-state index in [-0.39, 0.29) is 5.69 Å². The lowest BCUT2D eigenvalue weighted by atomic mass is 10.1. The van der Waals surface area contributed by atoms with E-state index in [9.17, 15) is 9.18 Å². The molecule has 1 aromatic heterocycles. The molecule has 13 heavy (non-hydrogen) atoms. The van der Waals surface area contributed by atoms with Crippen LogP contribution in [0.25, 0.3) is 0 Å². The van der Waals surface area contributed by atoms with Crippen LogP contribution in [0.15, 0.2) is 0 Å². The van der Waals surface area contributed by atoms with E-state index in [0.717, 1.165) is 0 Å². The molecule has 0 amide bonds. The van der Waals surface area contributed by atoms with Crippen LogP contribution in [0.3, 0.4) is 0 Å². The molecule has 0 bridgehead atoms. The number of aryl methyl sites for hydroxylation is 1. The van der Waals surface area contributed by atoms with Gasteiger partial charge in [0.25, 0.3) is 0 Å². The standard InChI is InChI=1S/C8H11FN2O2/c1-5-6(3-2-4-9)10-11-7(5)8(12)13/h2-4H2,1H3,(H,10,11)(H,12,13). The summed E-state index contributed by atoms with van der Waals surface area (Å²) in [5.41, 5.74) is 1.32. The van der Waals surface area contributed by atoms with Gasteiger partial charge in [0.05, 0.1) is 12.4 Å². The molecule has 0 aliphatic rings. The highest BCUT2D eigenvalue weighted by molar-refractivity contribution is 5.87. The zero-order valence-corrected chi connectivity index (χ0v) is 7.30. The second-order valence-electron chi connectivity index (χ2n) is 2.77. The number of nitrogens with one attached hydrogen (secondary N) is 1. The molecule has 0 aliphatic heterocycles. The first kappa shape index (κ1) is 9.70. The van der Waals surface area contributed by atoms with Crippen molar-refractivity contribution < 1.29 is 14.3 Å². The monoisotopic (exact) mass is 186 g/mol. The van der Waals surface area contributed by atoms with Gasteiger partial charge < -0.3 is 5.11 Å². The lowest BCUT2D eigenvalue weighted by Crippen LogP contribution is -1.99. The number of carbonyl (C=O) groups is 1. The van der Waals surface area contributed by atoms with E-state index in [1.807, 2.05) is 0 Å². The van der Waals surface area contributed by atoms with Gasteiger partial charge in [-0.2, -0.15) is 5.10 Å². The maximum Gasteiger partial charge on any atom is 0.354 e. The predicted octanol–water partition coefficient (Wildman–Crippen LogP) is 1.32. The number of aromatic nitrogens is 2. The number of aromatic carboxylic acids is 1. The van der Waals surface area contributed by atoms with Crippen molar-refractivity contribution in [3.05, 3.63) is 17.0 Å². The summed E-state index contributed by atoms with van der Waals surface area (Å²) in [5.74, 6) is -1.03. The fraction of sp³-hybridized carbons (Fsp3) is 0.500. The maximum atomic E-state index is 11.8. The van der Waals surface area contributed by atoms with E-state index in [1.54, 1.807) is 6.92 Å². The Balaban J connectivity index is 2.80. The molecule has 0 saturated heterocycles. The fourth-order valence-corrected chi connectivity index (χ4v) is 1.12. The summed E-state index contributed by atoms with van der Waals surface area (Å²) in [6.07, 6.45) is 0.858. The van der Waals surface area contributed by atoms with Gasteiger partial charge in [-0.25, -0.2) is 4.79 Å². The maximum absolute atomic E-state index is 11.8. The van der Waals surface area contributed by atoms with Crippen LogP contribution in [-0.4, -0.2) is 27.9 Å². The molecule has 1 heterocycles. The van der Waals surface area contributed by atoms with Gasteiger partial charge in [0.2, 0.25) is 0 Å². The van der Waals surface area contributed by atoms with Crippen molar-refractivity contribution >= 4 is 5.97 Å². The molecule has 0 fully saturated rings. The number of carboxylic acid groups (broad SMARTS) is 1. The van der Waals surface area contributed by atoms with Gasteiger partial charge in [-0.05, 0) is 19.8 Å². The smallest absolute Gasteiger partial charge is 0.354 e. The van der Waals surface area contributed by atoms with Crippen molar-refractivity contribution in [1.82, 2.24) is 10.2 Å². The van der Waals surface area contributed by atoms with E-state index in [2.05, 4.69) is 10.2 Å². The van der Waals surface area contributed by atoms with Gasteiger partial charge >= 0.3 is 5.97 Å². The Hall–Kier alpha value is -1.39. The van der Waals surface area contributed by atoms with E-state index in [1.165, 1.54) is 0 Å². The van der Waals surface area contributed by atoms with Gasteiger partial charge in [-0.1, -0.05) is 0 Å². The number of alkyl halides is 1. The molecular weight excluding hydrogens is 175 g/mol. The van der Waals surface area contributed by atoms with E-state index < -0.39 is 12.6 Å². The van der Waals surface area contributed by atoms with Gasteiger partial charge in [0, 0.05) is 5.56 Å². The Morgan fingerprint density at radius 3 is 2.85 bits per heavy atom. The molecule has 0 radical (unpaired) electrons. The second kappa shape index (κ2) is 4.02. The third kappa shape index (κ3) is 2.05. The number of halogens is 1. The molecule has 0 atom stereocenters. The first-order chi connectivity index (χ1) is 6.16. The summed E-state index contributed by atoms with van der Waals surface area (Å²) in [6.45, 7) is 1.26. The molecule has 72 valence electrons. The summed E-state index contributed by atoms with van der Waals surface area (Å²) in [4.78, 5) is 10.6. The van der Waals surface area contributed by atoms with Crippen LogP contribution in [0.4, 0.5) is 4.39 Å². The van der Waals surface area contributed by atoms with Crippen LogP contribution in [0.5, 0.6) is 0 Å². The lowest BCUT2D eigenvalue weighted by Gasteiger charge is -1.94. The number of rotatable bonds is 4. The fourth-order valence-electron chi connectivity index (χ4n) is 1.12. The molecule has 0 aromatic carbocycles.